The highest BCUT2D eigenvalue weighted by Gasteiger charge is 2.18. The number of hydrogen-bond acceptors (Lipinski definition) is 8. The number of ether oxygens (including phenoxy) is 2. The first-order valence-corrected chi connectivity index (χ1v) is 12.7. The van der Waals surface area contributed by atoms with Crippen LogP contribution in [0.2, 0.25) is 0 Å². The van der Waals surface area contributed by atoms with Crippen LogP contribution < -0.4 is 4.74 Å². The number of aromatic amines is 1. The summed E-state index contributed by atoms with van der Waals surface area (Å²) >= 11 is 1.33. The minimum absolute atomic E-state index is 0.0305. The normalized spacial score (nSPS) is 13.8. The van der Waals surface area contributed by atoms with Crippen LogP contribution in [0.4, 0.5) is 4.39 Å². The molecule has 0 spiro atoms. The predicted octanol–water partition coefficient (Wildman–Crippen LogP) is 5.08. The third-order valence-corrected chi connectivity index (χ3v) is 6.99. The average Bonchev–Trinajstić information content (AvgIpc) is 3.48. The molecule has 3 aromatic heterocycles. The SMILES string of the molecule is CCOC(=O)c1cc2[nH]c(CN3CC=C(c4cccc(OCc5ccc(C#N)cc5F)n4)CC3)nc2s1. The number of carbonyl (C=O) groups excluding carboxylic acids is 1. The van der Waals surface area contributed by atoms with Gasteiger partial charge in [-0.3, -0.25) is 4.90 Å². The van der Waals surface area contributed by atoms with Gasteiger partial charge in [0.2, 0.25) is 5.88 Å². The molecule has 0 amide bonds. The number of rotatable bonds is 8. The van der Waals surface area contributed by atoms with E-state index in [0.717, 1.165) is 46.9 Å². The van der Waals surface area contributed by atoms with Crippen LogP contribution in [0.15, 0.2) is 48.5 Å². The summed E-state index contributed by atoms with van der Waals surface area (Å²) in [5.41, 5.74) is 3.45. The van der Waals surface area contributed by atoms with Gasteiger partial charge in [0.1, 0.15) is 28.0 Å². The molecule has 0 atom stereocenters. The molecule has 5 rings (SSSR count). The van der Waals surface area contributed by atoms with Crippen molar-refractivity contribution in [1.29, 1.82) is 5.26 Å². The molecule has 4 heterocycles. The van der Waals surface area contributed by atoms with E-state index < -0.39 is 5.82 Å². The van der Waals surface area contributed by atoms with Crippen molar-refractivity contribution >= 4 is 33.2 Å². The molecule has 1 aliphatic rings. The maximum atomic E-state index is 14.1. The first-order chi connectivity index (χ1) is 18.0. The van der Waals surface area contributed by atoms with Crippen molar-refractivity contribution in [1.82, 2.24) is 19.9 Å². The number of thiophene rings is 1. The van der Waals surface area contributed by atoms with E-state index in [0.29, 0.717) is 29.5 Å². The highest BCUT2D eigenvalue weighted by atomic mass is 32.1. The number of nitrogens with one attached hydrogen (secondary N) is 1. The highest BCUT2D eigenvalue weighted by molar-refractivity contribution is 7.20. The number of esters is 1. The molecule has 0 saturated carbocycles. The minimum Gasteiger partial charge on any atom is -0.473 e. The molecular formula is C27H24FN5O3S. The molecule has 10 heteroatoms. The van der Waals surface area contributed by atoms with E-state index in [-0.39, 0.29) is 18.1 Å². The predicted molar refractivity (Wildman–Crippen MR) is 137 cm³/mol. The van der Waals surface area contributed by atoms with E-state index in [9.17, 15) is 9.18 Å². The number of carbonyl (C=O) groups is 1. The maximum absolute atomic E-state index is 14.1. The Morgan fingerprint density at radius 2 is 2.16 bits per heavy atom. The Morgan fingerprint density at radius 1 is 1.27 bits per heavy atom. The monoisotopic (exact) mass is 517 g/mol. The lowest BCUT2D eigenvalue weighted by atomic mass is 10.0. The number of halogens is 1. The van der Waals surface area contributed by atoms with Crippen molar-refractivity contribution in [3.05, 3.63) is 81.9 Å². The van der Waals surface area contributed by atoms with Gasteiger partial charge in [-0.05, 0) is 43.2 Å². The van der Waals surface area contributed by atoms with Crippen LogP contribution in [0.5, 0.6) is 5.88 Å². The third-order valence-electron chi connectivity index (χ3n) is 5.98. The lowest BCUT2D eigenvalue weighted by Gasteiger charge is -2.25. The smallest absolute Gasteiger partial charge is 0.348 e. The Kier molecular flexibility index (Phi) is 7.25. The average molecular weight is 518 g/mol. The summed E-state index contributed by atoms with van der Waals surface area (Å²) in [5.74, 6) is 0.485. The molecule has 0 bridgehead atoms. The summed E-state index contributed by atoms with van der Waals surface area (Å²) in [6.07, 6.45) is 2.98. The number of nitriles is 1. The molecule has 0 unspecified atom stereocenters. The van der Waals surface area contributed by atoms with Crippen molar-refractivity contribution in [3.8, 4) is 11.9 Å². The molecule has 0 radical (unpaired) electrons. The van der Waals surface area contributed by atoms with E-state index in [1.165, 1.54) is 17.4 Å². The Hall–Kier alpha value is -4.07. The number of hydrogen-bond donors (Lipinski definition) is 1. The van der Waals surface area contributed by atoms with Gasteiger partial charge >= 0.3 is 5.97 Å². The molecule has 0 fully saturated rings. The fourth-order valence-electron chi connectivity index (χ4n) is 4.10. The number of imidazole rings is 1. The van der Waals surface area contributed by atoms with Crippen molar-refractivity contribution in [2.45, 2.75) is 26.5 Å². The van der Waals surface area contributed by atoms with Gasteiger partial charge in [0.05, 0.1) is 36.0 Å². The summed E-state index contributed by atoms with van der Waals surface area (Å²) in [6.45, 7) is 4.43. The van der Waals surface area contributed by atoms with E-state index in [1.807, 2.05) is 18.2 Å². The van der Waals surface area contributed by atoms with Gasteiger partial charge in [0, 0.05) is 24.7 Å². The summed E-state index contributed by atoms with van der Waals surface area (Å²) < 4.78 is 24.9. The van der Waals surface area contributed by atoms with Crippen LogP contribution in [0.1, 0.15) is 45.7 Å². The lowest BCUT2D eigenvalue weighted by molar-refractivity contribution is 0.0532. The van der Waals surface area contributed by atoms with Crippen LogP contribution in [0, 0.1) is 17.1 Å². The fraction of sp³-hybridized carbons (Fsp3) is 0.259. The van der Waals surface area contributed by atoms with Gasteiger partial charge in [-0.2, -0.15) is 5.26 Å². The van der Waals surface area contributed by atoms with E-state index in [4.69, 9.17) is 14.7 Å². The lowest BCUT2D eigenvalue weighted by Crippen LogP contribution is -2.28. The third kappa shape index (κ3) is 5.69. The zero-order chi connectivity index (χ0) is 25.8. The van der Waals surface area contributed by atoms with Crippen LogP contribution in [-0.4, -0.2) is 45.5 Å². The Morgan fingerprint density at radius 3 is 2.89 bits per heavy atom. The molecule has 0 saturated heterocycles. The minimum atomic E-state index is -0.471. The summed E-state index contributed by atoms with van der Waals surface area (Å²) in [7, 11) is 0. The van der Waals surface area contributed by atoms with Gasteiger partial charge < -0.3 is 14.5 Å². The van der Waals surface area contributed by atoms with E-state index in [2.05, 4.69) is 25.9 Å². The number of H-pyrrole nitrogens is 1. The highest BCUT2D eigenvalue weighted by Crippen LogP contribution is 2.27. The molecule has 1 aliphatic heterocycles. The molecule has 0 aliphatic carbocycles. The topological polar surface area (TPSA) is 104 Å². The zero-order valence-corrected chi connectivity index (χ0v) is 21.0. The van der Waals surface area contributed by atoms with Crippen molar-refractivity contribution < 1.29 is 18.7 Å². The molecular weight excluding hydrogens is 493 g/mol. The number of nitrogens with zero attached hydrogens (tertiary/aromatic N) is 4. The molecule has 4 aromatic rings. The second-order valence-electron chi connectivity index (χ2n) is 8.52. The number of benzene rings is 1. The summed E-state index contributed by atoms with van der Waals surface area (Å²) in [6, 6.07) is 13.6. The van der Waals surface area contributed by atoms with Gasteiger partial charge in [-0.25, -0.2) is 19.2 Å². The Bertz CT molecular complexity index is 1490. The van der Waals surface area contributed by atoms with Crippen molar-refractivity contribution in [2.24, 2.45) is 0 Å². The van der Waals surface area contributed by atoms with Crippen LogP contribution in [0.25, 0.3) is 15.9 Å². The summed E-state index contributed by atoms with van der Waals surface area (Å²) in [4.78, 5) is 28.1. The maximum Gasteiger partial charge on any atom is 0.348 e. The quantitative estimate of drug-likeness (QED) is 0.325. The van der Waals surface area contributed by atoms with Crippen molar-refractivity contribution in [2.75, 3.05) is 19.7 Å². The van der Waals surface area contributed by atoms with E-state index in [1.54, 1.807) is 31.2 Å². The van der Waals surface area contributed by atoms with Gasteiger partial charge in [0.25, 0.3) is 0 Å². The molecule has 1 N–H and O–H groups in total. The summed E-state index contributed by atoms with van der Waals surface area (Å²) in [5, 5.41) is 8.88. The standard InChI is InChI=1S/C27H24FN5O3S/c1-2-35-27(34)23-13-22-26(37-23)32-24(30-22)15-33-10-8-18(9-11-33)21-4-3-5-25(31-21)36-16-19-7-6-17(14-29)12-20(19)28/h3-8,12-13H,2,9-11,15-16H2,1H3,(H,30,32). The zero-order valence-electron chi connectivity index (χ0n) is 20.2. The van der Waals surface area contributed by atoms with Crippen molar-refractivity contribution in [3.63, 3.8) is 0 Å². The largest absolute Gasteiger partial charge is 0.473 e. The molecule has 8 nitrogen and oxygen atoms in total. The molecule has 188 valence electrons. The first kappa shape index (κ1) is 24.6. The number of pyridine rings is 1. The van der Waals surface area contributed by atoms with Crippen LogP contribution in [0.3, 0.4) is 0 Å². The van der Waals surface area contributed by atoms with Crippen LogP contribution >= 0.6 is 11.3 Å². The molecule has 1 aromatic carbocycles. The number of fused-ring (bicyclic) bond motifs is 1. The van der Waals surface area contributed by atoms with Gasteiger partial charge in [-0.15, -0.1) is 11.3 Å². The van der Waals surface area contributed by atoms with Gasteiger partial charge in [-0.1, -0.05) is 18.2 Å². The fourth-order valence-corrected chi connectivity index (χ4v) is 5.00. The first-order valence-electron chi connectivity index (χ1n) is 11.9. The van der Waals surface area contributed by atoms with Gasteiger partial charge in [0.15, 0.2) is 0 Å². The Balaban J connectivity index is 1.18. The van der Waals surface area contributed by atoms with E-state index >= 15 is 0 Å². The number of aromatic nitrogens is 3. The molecule has 37 heavy (non-hydrogen) atoms. The van der Waals surface area contributed by atoms with Crippen LogP contribution in [-0.2, 0) is 17.9 Å². The Labute approximate surface area is 217 Å². The second kappa shape index (κ2) is 10.9. The second-order valence-corrected chi connectivity index (χ2v) is 9.55.